The number of hydrogen-bond acceptors (Lipinski definition) is 1. The molecule has 2 fully saturated rings. The summed E-state index contributed by atoms with van der Waals surface area (Å²) in [4.78, 5) is 0. The van der Waals surface area contributed by atoms with E-state index < -0.39 is 0 Å². The lowest BCUT2D eigenvalue weighted by Gasteiger charge is -2.45. The molecule has 0 radical (unpaired) electrons. The molecule has 0 N–H and O–H groups in total. The van der Waals surface area contributed by atoms with Crippen molar-refractivity contribution in [3.05, 3.63) is 12.2 Å². The van der Waals surface area contributed by atoms with Crippen LogP contribution in [0.4, 0.5) is 0 Å². The Kier molecular flexibility index (Phi) is 1.27. The highest BCUT2D eigenvalue weighted by Gasteiger charge is 2.49. The highest BCUT2D eigenvalue weighted by atomic mass is 16.5. The van der Waals surface area contributed by atoms with Gasteiger partial charge in [0.2, 0.25) is 0 Å². The molecule has 3 atom stereocenters. The Bertz CT molecular complexity index is 227. The minimum absolute atomic E-state index is 0.532. The quantitative estimate of drug-likeness (QED) is 0.540. The normalized spacial score (nSPS) is 47.9. The van der Waals surface area contributed by atoms with E-state index in [0.717, 1.165) is 31.0 Å². The van der Waals surface area contributed by atoms with Crippen LogP contribution in [0.25, 0.3) is 0 Å². The van der Waals surface area contributed by atoms with Crippen LogP contribution in [0.2, 0.25) is 0 Å². The molecule has 1 aliphatic heterocycles. The van der Waals surface area contributed by atoms with Crippen LogP contribution < -0.4 is 0 Å². The molecule has 1 saturated heterocycles. The maximum Gasteiger partial charge on any atom is 0.0545 e. The Labute approximate surface area is 73.8 Å². The second kappa shape index (κ2) is 2.14. The van der Waals surface area contributed by atoms with E-state index in [4.69, 9.17) is 4.74 Å². The zero-order valence-electron chi connectivity index (χ0n) is 7.62. The van der Waals surface area contributed by atoms with Crippen LogP contribution in [0.1, 0.15) is 19.8 Å². The maximum absolute atomic E-state index is 5.33. The average molecular weight is 164 g/mol. The summed E-state index contributed by atoms with van der Waals surface area (Å²) in [5.74, 6) is 2.74. The zero-order chi connectivity index (χ0) is 8.18. The van der Waals surface area contributed by atoms with Gasteiger partial charge in [-0.25, -0.2) is 0 Å². The van der Waals surface area contributed by atoms with Crippen LogP contribution in [-0.2, 0) is 4.74 Å². The molecule has 3 unspecified atom stereocenters. The van der Waals surface area contributed by atoms with Crippen LogP contribution in [0.3, 0.4) is 0 Å². The predicted molar refractivity (Wildman–Crippen MR) is 47.8 cm³/mol. The van der Waals surface area contributed by atoms with E-state index in [0.29, 0.717) is 5.41 Å². The summed E-state index contributed by atoms with van der Waals surface area (Å²) in [6.07, 6.45) is 7.73. The summed E-state index contributed by atoms with van der Waals surface area (Å²) in [6.45, 7) is 4.42. The van der Waals surface area contributed by atoms with Gasteiger partial charge in [-0.2, -0.15) is 0 Å². The average Bonchev–Trinajstić information content (AvgIpc) is 2.59. The fourth-order valence-electron chi connectivity index (χ4n) is 3.22. The van der Waals surface area contributed by atoms with Gasteiger partial charge in [-0.1, -0.05) is 19.1 Å². The number of fused-ring (bicyclic) bond motifs is 2. The molecule has 2 aliphatic carbocycles. The highest BCUT2D eigenvalue weighted by Crippen LogP contribution is 2.53. The fourth-order valence-corrected chi connectivity index (χ4v) is 3.22. The second-order valence-electron chi connectivity index (χ2n) is 5.03. The summed E-state index contributed by atoms with van der Waals surface area (Å²) < 4.78 is 5.33. The van der Waals surface area contributed by atoms with Crippen molar-refractivity contribution in [2.75, 3.05) is 13.2 Å². The Morgan fingerprint density at radius 3 is 2.50 bits per heavy atom. The molecular formula is C11H16O. The van der Waals surface area contributed by atoms with Crippen LogP contribution in [0.5, 0.6) is 0 Å². The van der Waals surface area contributed by atoms with E-state index in [9.17, 15) is 0 Å². The van der Waals surface area contributed by atoms with E-state index >= 15 is 0 Å². The fraction of sp³-hybridized carbons (Fsp3) is 0.818. The summed E-state index contributed by atoms with van der Waals surface area (Å²) >= 11 is 0. The maximum atomic E-state index is 5.33. The zero-order valence-corrected chi connectivity index (χ0v) is 7.62. The Hall–Kier alpha value is -0.300. The lowest BCUT2D eigenvalue weighted by molar-refractivity contribution is -0.139. The molecule has 3 rings (SSSR count). The van der Waals surface area contributed by atoms with Gasteiger partial charge < -0.3 is 4.74 Å². The van der Waals surface area contributed by atoms with Crippen LogP contribution in [0, 0.1) is 23.2 Å². The van der Waals surface area contributed by atoms with Crippen molar-refractivity contribution in [3.63, 3.8) is 0 Å². The lowest BCUT2D eigenvalue weighted by atomic mass is 9.69. The van der Waals surface area contributed by atoms with Gasteiger partial charge in [0.15, 0.2) is 0 Å². The number of hydrogen-bond donors (Lipinski definition) is 0. The monoisotopic (exact) mass is 164 g/mol. The van der Waals surface area contributed by atoms with Crippen LogP contribution >= 0.6 is 0 Å². The van der Waals surface area contributed by atoms with Gasteiger partial charge in [0.25, 0.3) is 0 Å². The van der Waals surface area contributed by atoms with Gasteiger partial charge in [0.1, 0.15) is 0 Å². The first kappa shape index (κ1) is 7.14. The molecule has 1 nitrogen and oxygen atoms in total. The third-order valence-electron chi connectivity index (χ3n) is 4.04. The third kappa shape index (κ3) is 0.779. The predicted octanol–water partition coefficient (Wildman–Crippen LogP) is 2.24. The second-order valence-corrected chi connectivity index (χ2v) is 5.03. The summed E-state index contributed by atoms with van der Waals surface area (Å²) in [7, 11) is 0. The van der Waals surface area contributed by atoms with Crippen LogP contribution in [-0.4, -0.2) is 13.2 Å². The summed E-state index contributed by atoms with van der Waals surface area (Å²) in [5, 5.41) is 0. The van der Waals surface area contributed by atoms with Crippen molar-refractivity contribution in [1.82, 2.24) is 0 Å². The van der Waals surface area contributed by atoms with Gasteiger partial charge >= 0.3 is 0 Å². The van der Waals surface area contributed by atoms with Crippen molar-refractivity contribution < 1.29 is 4.74 Å². The van der Waals surface area contributed by atoms with Crippen molar-refractivity contribution in [3.8, 4) is 0 Å². The summed E-state index contributed by atoms with van der Waals surface area (Å²) in [5.41, 5.74) is 0.532. The van der Waals surface area contributed by atoms with E-state index in [1.165, 1.54) is 12.8 Å². The molecule has 2 bridgehead atoms. The Balaban J connectivity index is 1.82. The molecule has 12 heavy (non-hydrogen) atoms. The van der Waals surface area contributed by atoms with Gasteiger partial charge in [-0.3, -0.25) is 0 Å². The number of allylic oxidation sites excluding steroid dienone is 2. The smallest absolute Gasteiger partial charge is 0.0545 e. The molecule has 0 aromatic heterocycles. The topological polar surface area (TPSA) is 9.23 Å². The molecular weight excluding hydrogens is 148 g/mol. The summed E-state index contributed by atoms with van der Waals surface area (Å²) in [6, 6.07) is 0. The molecule has 1 heterocycles. The Morgan fingerprint density at radius 2 is 2.08 bits per heavy atom. The van der Waals surface area contributed by atoms with Crippen molar-refractivity contribution in [2.45, 2.75) is 19.8 Å². The SMILES string of the molecule is CC1(C2CC3C=CC2C3)COC1. The first-order valence-electron chi connectivity index (χ1n) is 5.04. The van der Waals surface area contributed by atoms with E-state index in [1.54, 1.807) is 0 Å². The minimum Gasteiger partial charge on any atom is -0.380 e. The van der Waals surface area contributed by atoms with Gasteiger partial charge in [0, 0.05) is 5.41 Å². The largest absolute Gasteiger partial charge is 0.380 e. The van der Waals surface area contributed by atoms with E-state index in [-0.39, 0.29) is 0 Å². The van der Waals surface area contributed by atoms with Crippen molar-refractivity contribution in [2.24, 2.45) is 23.2 Å². The molecule has 1 saturated carbocycles. The van der Waals surface area contributed by atoms with Gasteiger partial charge in [0.05, 0.1) is 13.2 Å². The first-order chi connectivity index (χ1) is 5.78. The number of rotatable bonds is 1. The van der Waals surface area contributed by atoms with Crippen molar-refractivity contribution >= 4 is 0 Å². The third-order valence-corrected chi connectivity index (χ3v) is 4.04. The molecule has 0 aromatic rings. The molecule has 1 heteroatoms. The first-order valence-corrected chi connectivity index (χ1v) is 5.04. The highest BCUT2D eigenvalue weighted by molar-refractivity contribution is 5.13. The standard InChI is InChI=1S/C11H16O/c1-11(6-12-7-11)10-5-8-2-3-9(10)4-8/h2-3,8-10H,4-7H2,1H3. The minimum atomic E-state index is 0.532. The molecule has 0 spiro atoms. The number of ether oxygens (including phenoxy) is 1. The molecule has 66 valence electrons. The molecule has 0 aromatic carbocycles. The lowest BCUT2D eigenvalue weighted by Crippen LogP contribution is -2.47. The molecule has 0 amide bonds. The van der Waals surface area contributed by atoms with Crippen molar-refractivity contribution in [1.29, 1.82) is 0 Å². The van der Waals surface area contributed by atoms with E-state index in [1.807, 2.05) is 0 Å². The Morgan fingerprint density at radius 1 is 1.25 bits per heavy atom. The van der Waals surface area contributed by atoms with Crippen LogP contribution in [0.15, 0.2) is 12.2 Å². The van der Waals surface area contributed by atoms with Gasteiger partial charge in [-0.05, 0) is 30.6 Å². The molecule has 3 aliphatic rings. The van der Waals surface area contributed by atoms with E-state index in [2.05, 4.69) is 19.1 Å². The van der Waals surface area contributed by atoms with Gasteiger partial charge in [-0.15, -0.1) is 0 Å².